The van der Waals surface area contributed by atoms with Gasteiger partial charge in [-0.25, -0.2) is 39.3 Å². The fraction of sp³-hybridized carbons (Fsp3) is 0.360. The predicted molar refractivity (Wildman–Crippen MR) is 280 cm³/mol. The molecule has 0 aliphatic carbocycles. The van der Waals surface area contributed by atoms with Crippen molar-refractivity contribution in [2.45, 2.75) is 90.8 Å². The smallest absolute Gasteiger partial charge is 0.275 e. The van der Waals surface area contributed by atoms with Crippen LogP contribution >= 0.6 is 0 Å². The zero-order valence-electron chi connectivity index (χ0n) is 42.8. The molecule has 75 heavy (non-hydrogen) atoms. The lowest BCUT2D eigenvalue weighted by Gasteiger charge is -2.36. The van der Waals surface area contributed by atoms with Crippen LogP contribution in [0, 0.1) is 0 Å². The van der Waals surface area contributed by atoms with Gasteiger partial charge in [0.2, 0.25) is 23.5 Å². The van der Waals surface area contributed by atoms with Crippen molar-refractivity contribution in [1.29, 1.82) is 0 Å². The lowest BCUT2D eigenvalue weighted by atomic mass is 10.0. The maximum Gasteiger partial charge on any atom is 0.275 e. The summed E-state index contributed by atoms with van der Waals surface area (Å²) in [5.74, 6) is 2.24. The highest BCUT2D eigenvalue weighted by molar-refractivity contribution is 6.74. The topological polar surface area (TPSA) is 284 Å². The summed E-state index contributed by atoms with van der Waals surface area (Å²) in [6.45, 7) is 18.0. The summed E-state index contributed by atoms with van der Waals surface area (Å²) in [5.41, 5.74) is 5.88. The average molecular weight is 1030 g/mol. The maximum absolute atomic E-state index is 13.2. The highest BCUT2D eigenvalue weighted by atomic mass is 28.4. The lowest BCUT2D eigenvalue weighted by molar-refractivity contribution is 0.101. The van der Waals surface area contributed by atoms with E-state index in [1.165, 1.54) is 4.68 Å². The van der Waals surface area contributed by atoms with Crippen LogP contribution in [0.5, 0.6) is 0 Å². The molecule has 8 aromatic rings. The normalized spacial score (nSPS) is 14.2. The van der Waals surface area contributed by atoms with Gasteiger partial charge in [-0.3, -0.25) is 19.6 Å². The third kappa shape index (κ3) is 12.0. The quantitative estimate of drug-likeness (QED) is 0.112. The number of pyridine rings is 4. The van der Waals surface area contributed by atoms with Crippen LogP contribution in [0.15, 0.2) is 97.8 Å². The molecule has 0 saturated heterocycles. The van der Waals surface area contributed by atoms with Crippen molar-refractivity contribution >= 4 is 43.7 Å². The Morgan fingerprint density at radius 1 is 0.653 bits per heavy atom. The molecule has 0 fully saturated rings. The van der Waals surface area contributed by atoms with E-state index in [0.717, 1.165) is 48.2 Å². The lowest BCUT2D eigenvalue weighted by Crippen LogP contribution is -2.42. The minimum absolute atomic E-state index is 0.102. The average Bonchev–Trinajstić information content (AvgIpc) is 4.14. The molecule has 8 aromatic heterocycles. The van der Waals surface area contributed by atoms with Gasteiger partial charge in [-0.05, 0) is 136 Å². The molecule has 10 rings (SSSR count). The molecule has 24 nitrogen and oxygen atoms in total. The molecule has 0 unspecified atom stereocenters. The minimum atomic E-state index is -1.93. The summed E-state index contributed by atoms with van der Waals surface area (Å²) in [5, 5.41) is 39.1. The zero-order valence-corrected chi connectivity index (χ0v) is 43.8. The molecule has 0 saturated carbocycles. The van der Waals surface area contributed by atoms with Crippen LogP contribution in [0.2, 0.25) is 18.1 Å². The van der Waals surface area contributed by atoms with Crippen LogP contribution in [0.4, 0.5) is 23.5 Å². The van der Waals surface area contributed by atoms with E-state index in [1.54, 1.807) is 91.3 Å². The Kier molecular flexibility index (Phi) is 15.4. The fourth-order valence-corrected chi connectivity index (χ4v) is 9.10. The Hall–Kier alpha value is -8.42. The van der Waals surface area contributed by atoms with Gasteiger partial charge in [0.25, 0.3) is 11.8 Å². The number of nitrogens with zero attached hydrogens (tertiary/aromatic N) is 18. The van der Waals surface area contributed by atoms with Gasteiger partial charge >= 0.3 is 0 Å². The van der Waals surface area contributed by atoms with Crippen molar-refractivity contribution in [3.8, 4) is 23.0 Å². The number of fused-ring (bicyclic) bond motifs is 2. The van der Waals surface area contributed by atoms with Gasteiger partial charge < -0.3 is 30.0 Å². The first kappa shape index (κ1) is 51.5. The van der Waals surface area contributed by atoms with Crippen LogP contribution in [0.3, 0.4) is 0 Å². The summed E-state index contributed by atoms with van der Waals surface area (Å²) in [7, 11) is -1.93. The Labute approximate surface area is 433 Å². The fourth-order valence-electron chi connectivity index (χ4n) is 8.00. The summed E-state index contributed by atoms with van der Waals surface area (Å²) >= 11 is 0. The number of tetrazole rings is 2. The molecule has 0 radical (unpaired) electrons. The molecule has 0 aromatic carbocycles. The van der Waals surface area contributed by atoms with Crippen molar-refractivity contribution in [1.82, 2.24) is 80.3 Å². The van der Waals surface area contributed by atoms with E-state index < -0.39 is 8.32 Å². The van der Waals surface area contributed by atoms with E-state index in [0.29, 0.717) is 77.7 Å². The second-order valence-corrected chi connectivity index (χ2v) is 24.5. The van der Waals surface area contributed by atoms with Crippen molar-refractivity contribution in [3.63, 3.8) is 0 Å². The van der Waals surface area contributed by atoms with Crippen molar-refractivity contribution in [3.05, 3.63) is 131 Å². The Bertz CT molecular complexity index is 3260. The van der Waals surface area contributed by atoms with Crippen molar-refractivity contribution in [2.75, 3.05) is 46.7 Å². The van der Waals surface area contributed by atoms with Crippen LogP contribution in [-0.2, 0) is 30.4 Å². The Balaban J connectivity index is 0.000000187. The molecular weight excluding hydrogens is 973 g/mol. The summed E-state index contributed by atoms with van der Waals surface area (Å²) in [6, 6.07) is 17.3. The van der Waals surface area contributed by atoms with E-state index in [1.807, 2.05) is 25.1 Å². The molecule has 2 aliphatic heterocycles. The number of aliphatic hydroxyl groups excluding tert-OH is 1. The molecule has 25 heteroatoms. The first-order valence-corrected chi connectivity index (χ1v) is 27.4. The van der Waals surface area contributed by atoms with Gasteiger partial charge in [-0.15, -0.1) is 10.2 Å². The number of carbonyl (C=O) groups excluding carboxylic acids is 2. The highest BCUT2D eigenvalue weighted by Gasteiger charge is 2.38. The number of hydrogen-bond donors (Lipinski definition) is 3. The maximum atomic E-state index is 13.2. The number of aliphatic hydroxyl groups is 1. The number of rotatable bonds is 14. The van der Waals surface area contributed by atoms with Gasteiger partial charge in [0.15, 0.2) is 8.32 Å². The highest BCUT2D eigenvalue weighted by Crippen LogP contribution is 2.37. The van der Waals surface area contributed by atoms with E-state index in [2.05, 4.69) is 125 Å². The largest absolute Gasteiger partial charge is 0.415 e. The van der Waals surface area contributed by atoms with Crippen LogP contribution in [0.1, 0.15) is 89.9 Å². The van der Waals surface area contributed by atoms with Gasteiger partial charge in [-0.1, -0.05) is 32.9 Å². The van der Waals surface area contributed by atoms with Crippen LogP contribution < -0.4 is 20.4 Å². The SMILES string of the molecule is C[C@H](CO)n1nnnc1-c1cccc(NC(=O)c2cc3c(cn2)CCN(c2ncccn2)C3)n1.C[C@H](CO[Si](C)(C)C(C)(C)C)n1nnnc1-c1cccc(NC(=O)c2cc3c(cn2)CCN(c2ncccn2)C3)n1. The molecular formula is C50H58N20O4Si. The Morgan fingerprint density at radius 2 is 1.11 bits per heavy atom. The number of carbonyl (C=O) groups is 2. The molecule has 0 spiro atoms. The van der Waals surface area contributed by atoms with Crippen LogP contribution in [0.25, 0.3) is 23.0 Å². The summed E-state index contributed by atoms with van der Waals surface area (Å²) < 4.78 is 9.60. The second-order valence-electron chi connectivity index (χ2n) is 19.7. The zero-order chi connectivity index (χ0) is 52.7. The monoisotopic (exact) mass is 1030 g/mol. The Morgan fingerprint density at radius 3 is 1.55 bits per heavy atom. The second kappa shape index (κ2) is 22.4. The molecule has 2 aliphatic rings. The molecule has 386 valence electrons. The van der Waals surface area contributed by atoms with Crippen molar-refractivity contribution < 1.29 is 19.1 Å². The van der Waals surface area contributed by atoms with Gasteiger partial charge in [0.05, 0.1) is 25.3 Å². The third-order valence-electron chi connectivity index (χ3n) is 13.3. The van der Waals surface area contributed by atoms with Gasteiger partial charge in [0, 0.05) is 63.4 Å². The molecule has 10 heterocycles. The number of anilines is 4. The standard InChI is InChI=1S/C28H36N10O2Si.C22H22N10O2/c1-19(18-40-41(5,6)28(2,3)4)38-25(34-35-36-38)22-9-7-10-24(32-22)33-26(39)23-15-21-17-37(14-11-20(21)16-31-23)27-29-12-8-13-30-27;1-14(13-33)32-20(28-29-30-32)17-4-2-5-19(26-17)27-21(34)18-10-16-12-31(9-6-15(16)11-25-18)22-23-7-3-8-24-22/h7-10,12-13,15-16,19H,11,14,17-18H2,1-6H3,(H,32,33,39);2-5,7-8,10-11,14,33H,6,9,12-13H2,1H3,(H,26,27,34)/t19-;14-/m11/s1. The third-order valence-corrected chi connectivity index (χ3v) is 17.8. The summed E-state index contributed by atoms with van der Waals surface area (Å²) in [4.78, 5) is 65.5. The number of aromatic nitrogens is 16. The molecule has 2 amide bonds. The van der Waals surface area contributed by atoms with E-state index in [9.17, 15) is 14.7 Å². The molecule has 0 bridgehead atoms. The van der Waals surface area contributed by atoms with Gasteiger partial charge in [-0.2, -0.15) is 0 Å². The van der Waals surface area contributed by atoms with E-state index in [-0.39, 0.29) is 35.5 Å². The molecule has 2 atom stereocenters. The number of amides is 2. The summed E-state index contributed by atoms with van der Waals surface area (Å²) in [6.07, 6.45) is 12.0. The molecule has 3 N–H and O–H groups in total. The number of hydrogen-bond acceptors (Lipinski definition) is 20. The van der Waals surface area contributed by atoms with Crippen molar-refractivity contribution in [2.24, 2.45) is 0 Å². The van der Waals surface area contributed by atoms with Crippen LogP contribution in [-0.4, -0.2) is 132 Å². The minimum Gasteiger partial charge on any atom is -0.415 e. The number of nitrogens with one attached hydrogen (secondary N) is 2. The first-order valence-electron chi connectivity index (χ1n) is 24.5. The van der Waals surface area contributed by atoms with E-state index in [4.69, 9.17) is 4.43 Å². The van der Waals surface area contributed by atoms with E-state index >= 15 is 0 Å². The predicted octanol–water partition coefficient (Wildman–Crippen LogP) is 5.61. The first-order chi connectivity index (χ1) is 36.1. The van der Waals surface area contributed by atoms with Gasteiger partial charge in [0.1, 0.15) is 34.4 Å².